The average molecular weight is 357 g/mol. The van der Waals surface area contributed by atoms with E-state index in [0.29, 0.717) is 32.1 Å². The van der Waals surface area contributed by atoms with Crippen molar-refractivity contribution in [2.24, 2.45) is 0 Å². The van der Waals surface area contributed by atoms with Crippen LogP contribution >= 0.6 is 0 Å². The number of rotatable bonds is 7. The van der Waals surface area contributed by atoms with Crippen LogP contribution in [0, 0.1) is 6.92 Å². The van der Waals surface area contributed by atoms with Gasteiger partial charge in [-0.3, -0.25) is 9.59 Å². The molecule has 0 spiro atoms. The quantitative estimate of drug-likeness (QED) is 0.762. The van der Waals surface area contributed by atoms with E-state index < -0.39 is 0 Å². The second kappa shape index (κ2) is 8.67. The second-order valence-corrected chi connectivity index (χ2v) is 6.32. The van der Waals surface area contributed by atoms with Gasteiger partial charge in [-0.1, -0.05) is 18.2 Å². The first kappa shape index (κ1) is 18.2. The van der Waals surface area contributed by atoms with Gasteiger partial charge in [0.25, 0.3) is 5.91 Å². The van der Waals surface area contributed by atoms with E-state index in [1.807, 2.05) is 30.3 Å². The van der Waals surface area contributed by atoms with E-state index in [4.69, 9.17) is 13.9 Å². The number of hydrogen-bond acceptors (Lipinski definition) is 5. The van der Waals surface area contributed by atoms with Crippen LogP contribution in [0.2, 0.25) is 0 Å². The summed E-state index contributed by atoms with van der Waals surface area (Å²) in [5.41, 5.74) is -0.241. The Kier molecular flexibility index (Phi) is 6.07. The maximum atomic E-state index is 12.9. The normalized spacial score (nSPS) is 16.4. The lowest BCUT2D eigenvalue weighted by Gasteiger charge is -2.25. The largest absolute Gasteiger partial charge is 0.492 e. The standard InChI is InChI=1S/C20H23NO5/c1-15-12-16(22)13-19(26-15)20(23)21(14-18-8-5-10-24-18)9-11-25-17-6-3-2-4-7-17/h2-4,6-7,12-13,18H,5,8-11,14H2,1H3. The Hall–Kier alpha value is -2.60. The second-order valence-electron chi connectivity index (χ2n) is 6.32. The fourth-order valence-corrected chi connectivity index (χ4v) is 2.97. The topological polar surface area (TPSA) is 69.0 Å². The van der Waals surface area contributed by atoms with E-state index in [-0.39, 0.29) is 23.2 Å². The highest BCUT2D eigenvalue weighted by molar-refractivity contribution is 5.91. The summed E-state index contributed by atoms with van der Waals surface area (Å²) in [7, 11) is 0. The molecular weight excluding hydrogens is 334 g/mol. The Balaban J connectivity index is 1.69. The van der Waals surface area contributed by atoms with Crippen LogP contribution in [0.1, 0.15) is 29.2 Å². The zero-order valence-corrected chi connectivity index (χ0v) is 14.8. The van der Waals surface area contributed by atoms with Crippen LogP contribution in [0.3, 0.4) is 0 Å². The maximum absolute atomic E-state index is 12.9. The molecule has 1 aromatic heterocycles. The van der Waals surface area contributed by atoms with Gasteiger partial charge in [0.15, 0.2) is 11.2 Å². The molecule has 6 nitrogen and oxygen atoms in total. The van der Waals surface area contributed by atoms with Gasteiger partial charge in [0.05, 0.1) is 12.6 Å². The number of carbonyl (C=O) groups excluding carboxylic acids is 1. The van der Waals surface area contributed by atoms with E-state index in [9.17, 15) is 9.59 Å². The van der Waals surface area contributed by atoms with Crippen molar-refractivity contribution in [3.8, 4) is 5.75 Å². The number of carbonyl (C=O) groups is 1. The zero-order valence-electron chi connectivity index (χ0n) is 14.8. The molecule has 2 aromatic rings. The number of para-hydroxylation sites is 1. The van der Waals surface area contributed by atoms with E-state index in [0.717, 1.165) is 18.6 Å². The van der Waals surface area contributed by atoms with Gasteiger partial charge in [-0.15, -0.1) is 0 Å². The number of aryl methyl sites for hydroxylation is 1. The van der Waals surface area contributed by atoms with Gasteiger partial charge < -0.3 is 18.8 Å². The van der Waals surface area contributed by atoms with Crippen LogP contribution in [0.4, 0.5) is 0 Å². The van der Waals surface area contributed by atoms with E-state index in [1.54, 1.807) is 11.8 Å². The lowest BCUT2D eigenvalue weighted by molar-refractivity contribution is 0.0467. The van der Waals surface area contributed by atoms with Gasteiger partial charge in [-0.25, -0.2) is 0 Å². The smallest absolute Gasteiger partial charge is 0.289 e. The van der Waals surface area contributed by atoms with Crippen LogP contribution in [-0.4, -0.2) is 43.2 Å². The summed E-state index contributed by atoms with van der Waals surface area (Å²) in [5, 5.41) is 0. The van der Waals surface area contributed by atoms with Crippen molar-refractivity contribution in [2.75, 3.05) is 26.3 Å². The number of benzene rings is 1. The minimum absolute atomic E-state index is 0.00667. The summed E-state index contributed by atoms with van der Waals surface area (Å²) in [6.07, 6.45) is 1.92. The van der Waals surface area contributed by atoms with Gasteiger partial charge in [-0.2, -0.15) is 0 Å². The summed E-state index contributed by atoms with van der Waals surface area (Å²) in [4.78, 5) is 26.2. The molecule has 6 heteroatoms. The van der Waals surface area contributed by atoms with Crippen molar-refractivity contribution < 1.29 is 18.7 Å². The molecule has 1 aliphatic rings. The third kappa shape index (κ3) is 4.95. The minimum Gasteiger partial charge on any atom is -0.492 e. The Morgan fingerprint density at radius 3 is 2.77 bits per heavy atom. The molecule has 1 aliphatic heterocycles. The Morgan fingerprint density at radius 2 is 2.08 bits per heavy atom. The van der Waals surface area contributed by atoms with Crippen LogP contribution in [0.5, 0.6) is 5.75 Å². The van der Waals surface area contributed by atoms with Crippen molar-refractivity contribution in [2.45, 2.75) is 25.9 Å². The van der Waals surface area contributed by atoms with Crippen molar-refractivity contribution in [1.82, 2.24) is 4.90 Å². The molecule has 1 unspecified atom stereocenters. The van der Waals surface area contributed by atoms with Crippen LogP contribution in [-0.2, 0) is 4.74 Å². The third-order valence-electron chi connectivity index (χ3n) is 4.21. The first-order valence-electron chi connectivity index (χ1n) is 8.82. The van der Waals surface area contributed by atoms with E-state index in [1.165, 1.54) is 12.1 Å². The molecule has 26 heavy (non-hydrogen) atoms. The third-order valence-corrected chi connectivity index (χ3v) is 4.21. The number of amides is 1. The maximum Gasteiger partial charge on any atom is 0.289 e. The van der Waals surface area contributed by atoms with Crippen molar-refractivity contribution in [3.63, 3.8) is 0 Å². The molecule has 1 fully saturated rings. The lowest BCUT2D eigenvalue weighted by Crippen LogP contribution is -2.40. The SMILES string of the molecule is Cc1cc(=O)cc(C(=O)N(CCOc2ccccc2)CC2CCCO2)o1. The molecule has 0 saturated carbocycles. The van der Waals surface area contributed by atoms with Gasteiger partial charge >= 0.3 is 0 Å². The summed E-state index contributed by atoms with van der Waals surface area (Å²) >= 11 is 0. The fourth-order valence-electron chi connectivity index (χ4n) is 2.97. The fraction of sp³-hybridized carbons (Fsp3) is 0.400. The van der Waals surface area contributed by atoms with Gasteiger partial charge in [0.1, 0.15) is 18.1 Å². The molecule has 1 aromatic carbocycles. The predicted octanol–water partition coefficient (Wildman–Crippen LogP) is 2.65. The van der Waals surface area contributed by atoms with Crippen LogP contribution in [0.25, 0.3) is 0 Å². The monoisotopic (exact) mass is 357 g/mol. The van der Waals surface area contributed by atoms with Gasteiger partial charge in [0, 0.05) is 25.3 Å². The molecule has 0 radical (unpaired) electrons. The van der Waals surface area contributed by atoms with Crippen LogP contribution in [0.15, 0.2) is 51.7 Å². The summed E-state index contributed by atoms with van der Waals surface area (Å²) < 4.78 is 16.8. The van der Waals surface area contributed by atoms with Crippen LogP contribution < -0.4 is 10.2 Å². The molecule has 0 N–H and O–H groups in total. The first-order chi connectivity index (χ1) is 12.6. The van der Waals surface area contributed by atoms with Crippen molar-refractivity contribution in [1.29, 1.82) is 0 Å². The molecule has 1 saturated heterocycles. The molecule has 138 valence electrons. The highest BCUT2D eigenvalue weighted by Gasteiger charge is 2.25. The Labute approximate surface area is 152 Å². The minimum atomic E-state index is -0.321. The molecule has 1 atom stereocenters. The number of nitrogens with zero attached hydrogens (tertiary/aromatic N) is 1. The lowest BCUT2D eigenvalue weighted by atomic mass is 10.2. The molecule has 2 heterocycles. The molecule has 0 aliphatic carbocycles. The number of ether oxygens (including phenoxy) is 2. The Morgan fingerprint density at radius 1 is 1.27 bits per heavy atom. The molecule has 3 rings (SSSR count). The highest BCUT2D eigenvalue weighted by atomic mass is 16.5. The highest BCUT2D eigenvalue weighted by Crippen LogP contribution is 2.16. The summed E-state index contributed by atoms with van der Waals surface area (Å²) in [5.74, 6) is 0.892. The van der Waals surface area contributed by atoms with E-state index >= 15 is 0 Å². The zero-order chi connectivity index (χ0) is 18.4. The molecule has 0 bridgehead atoms. The van der Waals surface area contributed by atoms with Crippen molar-refractivity contribution in [3.05, 3.63) is 64.2 Å². The average Bonchev–Trinajstić information content (AvgIpc) is 3.13. The number of hydrogen-bond donors (Lipinski definition) is 0. The predicted molar refractivity (Wildman–Crippen MR) is 96.5 cm³/mol. The van der Waals surface area contributed by atoms with Crippen molar-refractivity contribution >= 4 is 5.91 Å². The molecule has 1 amide bonds. The van der Waals surface area contributed by atoms with Gasteiger partial charge in [-0.05, 0) is 31.9 Å². The van der Waals surface area contributed by atoms with Gasteiger partial charge in [0.2, 0.25) is 0 Å². The van der Waals surface area contributed by atoms with E-state index in [2.05, 4.69) is 0 Å². The summed E-state index contributed by atoms with van der Waals surface area (Å²) in [6.45, 7) is 3.55. The summed E-state index contributed by atoms with van der Waals surface area (Å²) in [6, 6.07) is 12.0. The Bertz CT molecular complexity index is 780. The first-order valence-corrected chi connectivity index (χ1v) is 8.82. The molecular formula is C20H23NO5.